The third kappa shape index (κ3) is 4.56. The first kappa shape index (κ1) is 20.0. The number of anilines is 1. The number of benzene rings is 2. The van der Waals surface area contributed by atoms with Gasteiger partial charge in [-0.05, 0) is 37.6 Å². The lowest BCUT2D eigenvalue weighted by Gasteiger charge is -2.33. The number of carbonyl (C=O) groups excluding carboxylic acids is 1. The van der Waals surface area contributed by atoms with Crippen LogP contribution >= 0.6 is 0 Å². The Kier molecular flexibility index (Phi) is 5.79. The number of hydrogen-bond acceptors (Lipinski definition) is 5. The van der Waals surface area contributed by atoms with Crippen molar-refractivity contribution in [1.29, 1.82) is 0 Å². The second kappa shape index (κ2) is 8.10. The Hall–Kier alpha value is -2.74. The molecule has 2 aromatic rings. The molecule has 150 valence electrons. The minimum absolute atomic E-state index is 0.0698. The van der Waals surface area contributed by atoms with Gasteiger partial charge in [0, 0.05) is 0 Å². The van der Waals surface area contributed by atoms with Gasteiger partial charge in [-0.25, -0.2) is 8.42 Å². The molecule has 0 radical (unpaired) electrons. The van der Waals surface area contributed by atoms with Crippen LogP contribution in [0.3, 0.4) is 0 Å². The van der Waals surface area contributed by atoms with E-state index in [0.717, 1.165) is 23.1 Å². The molecule has 1 aliphatic heterocycles. The Morgan fingerprint density at radius 3 is 2.71 bits per heavy atom. The van der Waals surface area contributed by atoms with Crippen LogP contribution in [0, 0.1) is 13.8 Å². The lowest BCUT2D eigenvalue weighted by Crippen LogP contribution is -2.51. The molecule has 0 spiro atoms. The number of para-hydroxylation sites is 2. The van der Waals surface area contributed by atoms with E-state index in [9.17, 15) is 13.2 Å². The molecular weight excluding hydrogens is 380 g/mol. The Morgan fingerprint density at radius 2 is 2.00 bits per heavy atom. The molecule has 28 heavy (non-hydrogen) atoms. The van der Waals surface area contributed by atoms with Crippen LogP contribution in [0.15, 0.2) is 42.5 Å². The summed E-state index contributed by atoms with van der Waals surface area (Å²) in [5, 5.41) is 2.75. The molecule has 0 aromatic heterocycles. The summed E-state index contributed by atoms with van der Waals surface area (Å²) in [5.74, 6) is 0.754. The molecule has 1 heterocycles. The van der Waals surface area contributed by atoms with Crippen molar-refractivity contribution in [3.8, 4) is 11.5 Å². The maximum absolute atomic E-state index is 12.5. The molecule has 0 fully saturated rings. The molecule has 0 saturated carbocycles. The van der Waals surface area contributed by atoms with Crippen molar-refractivity contribution in [2.24, 2.45) is 0 Å². The summed E-state index contributed by atoms with van der Waals surface area (Å²) in [6.45, 7) is 4.49. The van der Waals surface area contributed by atoms with E-state index in [4.69, 9.17) is 9.47 Å². The molecule has 0 bridgehead atoms. The Balaban J connectivity index is 1.59. The fourth-order valence-electron chi connectivity index (χ4n) is 3.06. The van der Waals surface area contributed by atoms with Crippen LogP contribution in [0.4, 0.5) is 5.69 Å². The first-order chi connectivity index (χ1) is 13.3. The number of amides is 1. The van der Waals surface area contributed by atoms with E-state index in [2.05, 4.69) is 5.32 Å². The van der Waals surface area contributed by atoms with Crippen LogP contribution in [-0.2, 0) is 14.8 Å². The summed E-state index contributed by atoms with van der Waals surface area (Å²) >= 11 is 0. The van der Waals surface area contributed by atoms with Crippen LogP contribution in [0.25, 0.3) is 0 Å². The highest BCUT2D eigenvalue weighted by molar-refractivity contribution is 7.92. The predicted octanol–water partition coefficient (Wildman–Crippen LogP) is 2.03. The van der Waals surface area contributed by atoms with E-state index < -0.39 is 16.1 Å². The van der Waals surface area contributed by atoms with Crippen molar-refractivity contribution in [1.82, 2.24) is 5.32 Å². The van der Waals surface area contributed by atoms with Crippen molar-refractivity contribution >= 4 is 21.6 Å². The first-order valence-electron chi connectivity index (χ1n) is 8.97. The van der Waals surface area contributed by atoms with E-state index >= 15 is 0 Å². The van der Waals surface area contributed by atoms with E-state index in [0.29, 0.717) is 18.0 Å². The van der Waals surface area contributed by atoms with Crippen molar-refractivity contribution < 1.29 is 22.7 Å². The summed E-state index contributed by atoms with van der Waals surface area (Å²) in [6, 6.07) is 12.7. The van der Waals surface area contributed by atoms with Crippen LogP contribution in [0.5, 0.6) is 11.5 Å². The lowest BCUT2D eigenvalue weighted by atomic mass is 10.1. The molecule has 1 N–H and O–H groups in total. The number of fused-ring (bicyclic) bond motifs is 1. The van der Waals surface area contributed by atoms with Gasteiger partial charge in [-0.1, -0.05) is 29.8 Å². The molecule has 0 saturated heterocycles. The minimum Gasteiger partial charge on any atom is -0.491 e. The molecule has 8 heteroatoms. The maximum atomic E-state index is 12.5. The highest BCUT2D eigenvalue weighted by Crippen LogP contribution is 2.34. The van der Waals surface area contributed by atoms with Crippen LogP contribution in [0.1, 0.15) is 11.1 Å². The van der Waals surface area contributed by atoms with Crippen molar-refractivity contribution in [2.45, 2.75) is 20.0 Å². The van der Waals surface area contributed by atoms with Gasteiger partial charge < -0.3 is 14.8 Å². The van der Waals surface area contributed by atoms with Gasteiger partial charge in [-0.15, -0.1) is 0 Å². The summed E-state index contributed by atoms with van der Waals surface area (Å²) in [5.41, 5.74) is 2.62. The molecule has 1 amide bonds. The Bertz CT molecular complexity index is 974. The minimum atomic E-state index is -3.53. The number of aryl methyl sites for hydroxylation is 2. The van der Waals surface area contributed by atoms with Crippen molar-refractivity contribution in [3.05, 3.63) is 53.6 Å². The molecule has 7 nitrogen and oxygen atoms in total. The first-order valence-corrected chi connectivity index (χ1v) is 10.8. The standard InChI is InChI=1S/C20H24N2O5S/c1-14-8-9-17(15(2)12-14)26-11-10-21-20(23)19-13-22(28(3,24)25)16-6-4-5-7-18(16)27-19/h4-9,12,19H,10-11,13H2,1-3H3,(H,21,23)/t19-/m1/s1. The zero-order valence-corrected chi connectivity index (χ0v) is 17.0. The van der Waals surface area contributed by atoms with Crippen LogP contribution < -0.4 is 19.1 Å². The van der Waals surface area contributed by atoms with Crippen LogP contribution in [0.2, 0.25) is 0 Å². The van der Waals surface area contributed by atoms with Gasteiger partial charge in [0.25, 0.3) is 5.91 Å². The van der Waals surface area contributed by atoms with Gasteiger partial charge in [-0.2, -0.15) is 0 Å². The highest BCUT2D eigenvalue weighted by Gasteiger charge is 2.34. The third-order valence-electron chi connectivity index (χ3n) is 4.42. The Labute approximate surface area is 165 Å². The second-order valence-electron chi connectivity index (χ2n) is 6.78. The molecule has 2 aromatic carbocycles. The zero-order chi connectivity index (χ0) is 20.3. The Morgan fingerprint density at radius 1 is 1.25 bits per heavy atom. The summed E-state index contributed by atoms with van der Waals surface area (Å²) in [4.78, 5) is 12.5. The van der Waals surface area contributed by atoms with Gasteiger partial charge in [0.05, 0.1) is 25.0 Å². The van der Waals surface area contributed by atoms with Gasteiger partial charge >= 0.3 is 0 Å². The number of sulfonamides is 1. The summed E-state index contributed by atoms with van der Waals surface area (Å²) in [6.07, 6.45) is 0.188. The average molecular weight is 404 g/mol. The lowest BCUT2D eigenvalue weighted by molar-refractivity contribution is -0.127. The second-order valence-corrected chi connectivity index (χ2v) is 8.68. The highest BCUT2D eigenvalue weighted by atomic mass is 32.2. The van der Waals surface area contributed by atoms with Gasteiger partial charge in [0.15, 0.2) is 6.10 Å². The van der Waals surface area contributed by atoms with Crippen LogP contribution in [-0.4, -0.2) is 46.4 Å². The van der Waals surface area contributed by atoms with E-state index in [-0.39, 0.29) is 19.0 Å². The average Bonchev–Trinajstić information content (AvgIpc) is 2.64. The fraction of sp³-hybridized carbons (Fsp3) is 0.350. The maximum Gasteiger partial charge on any atom is 0.263 e. The number of nitrogens with zero attached hydrogens (tertiary/aromatic N) is 1. The zero-order valence-electron chi connectivity index (χ0n) is 16.1. The molecule has 0 unspecified atom stereocenters. The molecule has 0 aliphatic carbocycles. The quantitative estimate of drug-likeness (QED) is 0.745. The third-order valence-corrected chi connectivity index (χ3v) is 5.56. The molecule has 1 aliphatic rings. The van der Waals surface area contributed by atoms with E-state index in [1.165, 1.54) is 4.31 Å². The fourth-order valence-corrected chi connectivity index (χ4v) is 3.98. The normalized spacial score (nSPS) is 16.1. The van der Waals surface area contributed by atoms with Gasteiger partial charge in [0.1, 0.15) is 18.1 Å². The molecule has 3 rings (SSSR count). The number of ether oxygens (including phenoxy) is 2. The monoisotopic (exact) mass is 404 g/mol. The van der Waals surface area contributed by atoms with Crippen molar-refractivity contribution in [3.63, 3.8) is 0 Å². The smallest absolute Gasteiger partial charge is 0.263 e. The number of carbonyl (C=O) groups is 1. The SMILES string of the molecule is Cc1ccc(OCCNC(=O)[C@H]2CN(S(C)(=O)=O)c3ccccc3O2)c(C)c1. The molecular formula is C20H24N2O5S. The van der Waals surface area contributed by atoms with E-state index in [1.54, 1.807) is 24.3 Å². The largest absolute Gasteiger partial charge is 0.491 e. The molecule has 1 atom stereocenters. The van der Waals surface area contributed by atoms with Gasteiger partial charge in [-0.3, -0.25) is 9.10 Å². The number of nitrogens with one attached hydrogen (secondary N) is 1. The summed E-state index contributed by atoms with van der Waals surface area (Å²) in [7, 11) is -3.53. The topological polar surface area (TPSA) is 84.9 Å². The summed E-state index contributed by atoms with van der Waals surface area (Å²) < 4.78 is 36.8. The number of hydrogen-bond donors (Lipinski definition) is 1. The van der Waals surface area contributed by atoms with E-state index in [1.807, 2.05) is 32.0 Å². The van der Waals surface area contributed by atoms with Crippen molar-refractivity contribution in [2.75, 3.05) is 30.3 Å². The predicted molar refractivity (Wildman–Crippen MR) is 107 cm³/mol. The number of rotatable bonds is 6. The van der Waals surface area contributed by atoms with Gasteiger partial charge in [0.2, 0.25) is 10.0 Å².